The van der Waals surface area contributed by atoms with Crippen LogP contribution in [-0.2, 0) is 20.9 Å². The highest BCUT2D eigenvalue weighted by molar-refractivity contribution is 5.87. The van der Waals surface area contributed by atoms with Crippen molar-refractivity contribution in [2.45, 2.75) is 46.3 Å². The average molecular weight is 307 g/mol. The number of hydrogen-bond acceptors (Lipinski definition) is 3. The van der Waals surface area contributed by atoms with E-state index in [-0.39, 0.29) is 12.5 Å². The Hall–Kier alpha value is -1.88. The number of carbonyl (C=O) groups excluding carboxylic acids is 1. The second-order valence-corrected chi connectivity index (χ2v) is 6.02. The van der Waals surface area contributed by atoms with Gasteiger partial charge in [-0.05, 0) is 25.8 Å². The molecule has 0 spiro atoms. The molecule has 22 heavy (non-hydrogen) atoms. The maximum absolute atomic E-state index is 12.2. The highest BCUT2D eigenvalue weighted by Gasteiger charge is 2.31. The molecule has 0 heterocycles. The number of ether oxygens (including phenoxy) is 1. The van der Waals surface area contributed by atoms with Crippen molar-refractivity contribution in [3.8, 4) is 0 Å². The second-order valence-electron chi connectivity index (χ2n) is 6.02. The van der Waals surface area contributed by atoms with Gasteiger partial charge >= 0.3 is 5.97 Å². The molecular formula is C17H25NO4. The van der Waals surface area contributed by atoms with Crippen LogP contribution in [0.5, 0.6) is 0 Å². The lowest BCUT2D eigenvalue weighted by molar-refractivity contribution is -0.144. The molecule has 0 radical (unpaired) electrons. The predicted octanol–water partition coefficient (Wildman–Crippen LogP) is 2.60. The number of carbonyl (C=O) groups is 2. The van der Waals surface area contributed by atoms with Crippen molar-refractivity contribution in [3.05, 3.63) is 35.9 Å². The molecule has 0 aliphatic carbocycles. The fourth-order valence-electron chi connectivity index (χ4n) is 1.96. The van der Waals surface area contributed by atoms with Crippen LogP contribution in [0, 0.1) is 5.41 Å². The maximum Gasteiger partial charge on any atom is 0.326 e. The summed E-state index contributed by atoms with van der Waals surface area (Å²) in [5, 5.41) is 11.7. The van der Waals surface area contributed by atoms with E-state index in [2.05, 4.69) is 5.32 Å². The van der Waals surface area contributed by atoms with E-state index in [1.807, 2.05) is 37.3 Å². The first-order valence-corrected chi connectivity index (χ1v) is 7.52. The van der Waals surface area contributed by atoms with Crippen LogP contribution >= 0.6 is 0 Å². The normalized spacial score (nSPS) is 12.7. The molecule has 5 heteroatoms. The second kappa shape index (κ2) is 8.54. The summed E-state index contributed by atoms with van der Waals surface area (Å²) >= 11 is 0. The Morgan fingerprint density at radius 3 is 2.45 bits per heavy atom. The molecule has 1 aromatic rings. The monoisotopic (exact) mass is 307 g/mol. The molecule has 0 aliphatic rings. The van der Waals surface area contributed by atoms with E-state index in [4.69, 9.17) is 9.84 Å². The van der Waals surface area contributed by atoms with Crippen LogP contribution in [0.2, 0.25) is 0 Å². The fraction of sp³-hybridized carbons (Fsp3) is 0.529. The van der Waals surface area contributed by atoms with E-state index in [1.54, 1.807) is 13.8 Å². The SMILES string of the molecule is CCCC(NC(=O)C(C)(C)COCc1ccccc1)C(=O)O. The minimum absolute atomic E-state index is 0.228. The van der Waals surface area contributed by atoms with Crippen LogP contribution in [0.3, 0.4) is 0 Å². The highest BCUT2D eigenvalue weighted by atomic mass is 16.5. The van der Waals surface area contributed by atoms with E-state index < -0.39 is 17.4 Å². The molecule has 0 saturated heterocycles. The maximum atomic E-state index is 12.2. The standard InChI is InChI=1S/C17H25NO4/c1-4-8-14(15(19)20)18-16(21)17(2,3)12-22-11-13-9-6-5-7-10-13/h5-7,9-10,14H,4,8,11-12H2,1-3H3,(H,18,21)(H,19,20). The first-order valence-electron chi connectivity index (χ1n) is 7.52. The van der Waals surface area contributed by atoms with E-state index in [0.29, 0.717) is 19.4 Å². The molecular weight excluding hydrogens is 282 g/mol. The van der Waals surface area contributed by atoms with Crippen LogP contribution in [0.25, 0.3) is 0 Å². The van der Waals surface area contributed by atoms with E-state index in [0.717, 1.165) is 5.56 Å². The smallest absolute Gasteiger partial charge is 0.326 e. The molecule has 0 aliphatic heterocycles. The number of carboxylic acids is 1. The summed E-state index contributed by atoms with van der Waals surface area (Å²) in [6.45, 7) is 6.04. The van der Waals surface area contributed by atoms with Gasteiger partial charge in [0.2, 0.25) is 5.91 Å². The van der Waals surface area contributed by atoms with Gasteiger partial charge in [-0.2, -0.15) is 0 Å². The molecule has 1 unspecified atom stereocenters. The van der Waals surface area contributed by atoms with Gasteiger partial charge in [0.05, 0.1) is 18.6 Å². The Kier molecular flexibility index (Phi) is 7.05. The molecule has 5 nitrogen and oxygen atoms in total. The third-order valence-corrected chi connectivity index (χ3v) is 3.37. The Bertz CT molecular complexity index is 485. The topological polar surface area (TPSA) is 75.6 Å². The molecule has 1 rings (SSSR count). The minimum Gasteiger partial charge on any atom is -0.480 e. The van der Waals surface area contributed by atoms with E-state index in [1.165, 1.54) is 0 Å². The van der Waals surface area contributed by atoms with Gasteiger partial charge in [-0.1, -0.05) is 43.7 Å². The third-order valence-electron chi connectivity index (χ3n) is 3.37. The lowest BCUT2D eigenvalue weighted by Gasteiger charge is -2.25. The largest absolute Gasteiger partial charge is 0.480 e. The molecule has 0 bridgehead atoms. The average Bonchev–Trinajstić information content (AvgIpc) is 2.47. The van der Waals surface area contributed by atoms with Crippen LogP contribution in [-0.4, -0.2) is 29.6 Å². The lowest BCUT2D eigenvalue weighted by Crippen LogP contribution is -2.48. The molecule has 0 saturated carbocycles. The highest BCUT2D eigenvalue weighted by Crippen LogP contribution is 2.17. The van der Waals surface area contributed by atoms with Gasteiger partial charge in [0.25, 0.3) is 0 Å². The minimum atomic E-state index is -1.00. The summed E-state index contributed by atoms with van der Waals surface area (Å²) in [6, 6.07) is 8.85. The Morgan fingerprint density at radius 1 is 1.27 bits per heavy atom. The molecule has 122 valence electrons. The Labute approximate surface area is 131 Å². The van der Waals surface area contributed by atoms with Gasteiger partial charge in [-0.15, -0.1) is 0 Å². The third kappa shape index (κ3) is 5.85. The number of aliphatic carboxylic acids is 1. The number of nitrogens with one attached hydrogen (secondary N) is 1. The molecule has 0 fully saturated rings. The summed E-state index contributed by atoms with van der Waals surface area (Å²) in [6.07, 6.45) is 1.12. The first-order chi connectivity index (χ1) is 10.4. The number of carboxylic acid groups (broad SMARTS) is 1. The van der Waals surface area contributed by atoms with Gasteiger partial charge in [-0.25, -0.2) is 4.79 Å². The Morgan fingerprint density at radius 2 is 1.91 bits per heavy atom. The number of rotatable bonds is 9. The number of amides is 1. The zero-order valence-corrected chi connectivity index (χ0v) is 13.5. The fourth-order valence-corrected chi connectivity index (χ4v) is 1.96. The zero-order chi connectivity index (χ0) is 16.6. The predicted molar refractivity (Wildman–Crippen MR) is 84.4 cm³/mol. The van der Waals surface area contributed by atoms with E-state index >= 15 is 0 Å². The van der Waals surface area contributed by atoms with Crippen molar-refractivity contribution >= 4 is 11.9 Å². The molecule has 1 amide bonds. The van der Waals surface area contributed by atoms with Crippen molar-refractivity contribution < 1.29 is 19.4 Å². The number of hydrogen-bond donors (Lipinski definition) is 2. The Balaban J connectivity index is 2.49. The lowest BCUT2D eigenvalue weighted by atomic mass is 9.93. The summed E-state index contributed by atoms with van der Waals surface area (Å²) < 4.78 is 5.60. The van der Waals surface area contributed by atoms with Gasteiger partial charge in [0.1, 0.15) is 6.04 Å². The van der Waals surface area contributed by atoms with Gasteiger partial charge in [0.15, 0.2) is 0 Å². The van der Waals surface area contributed by atoms with Crippen LogP contribution in [0.15, 0.2) is 30.3 Å². The molecule has 1 atom stereocenters. The molecule has 1 aromatic carbocycles. The van der Waals surface area contributed by atoms with Crippen molar-refractivity contribution in [1.29, 1.82) is 0 Å². The number of benzene rings is 1. The summed E-state index contributed by atoms with van der Waals surface area (Å²) in [7, 11) is 0. The van der Waals surface area contributed by atoms with Crippen molar-refractivity contribution in [1.82, 2.24) is 5.32 Å². The molecule has 2 N–H and O–H groups in total. The van der Waals surface area contributed by atoms with Crippen LogP contribution < -0.4 is 5.32 Å². The first kappa shape index (κ1) is 18.2. The van der Waals surface area contributed by atoms with Gasteiger partial charge < -0.3 is 15.2 Å². The van der Waals surface area contributed by atoms with Gasteiger partial charge in [-0.3, -0.25) is 4.79 Å². The van der Waals surface area contributed by atoms with Crippen molar-refractivity contribution in [2.24, 2.45) is 5.41 Å². The summed E-state index contributed by atoms with van der Waals surface area (Å²) in [5.41, 5.74) is 0.254. The zero-order valence-electron chi connectivity index (χ0n) is 13.5. The van der Waals surface area contributed by atoms with Crippen molar-refractivity contribution in [2.75, 3.05) is 6.61 Å². The quantitative estimate of drug-likeness (QED) is 0.735. The summed E-state index contributed by atoms with van der Waals surface area (Å²) in [4.78, 5) is 23.3. The molecule has 0 aromatic heterocycles. The van der Waals surface area contributed by atoms with Crippen LogP contribution in [0.1, 0.15) is 39.2 Å². The van der Waals surface area contributed by atoms with E-state index in [9.17, 15) is 9.59 Å². The van der Waals surface area contributed by atoms with Gasteiger partial charge in [0, 0.05) is 0 Å². The van der Waals surface area contributed by atoms with Crippen LogP contribution in [0.4, 0.5) is 0 Å². The summed E-state index contributed by atoms with van der Waals surface area (Å²) in [5.74, 6) is -1.31. The van der Waals surface area contributed by atoms with Crippen molar-refractivity contribution in [3.63, 3.8) is 0 Å².